The molecule has 1 amide bonds. The molecule has 2 aliphatic heterocycles. The molecule has 0 saturated carbocycles. The monoisotopic (exact) mass is 262 g/mol. The van der Waals surface area contributed by atoms with E-state index in [1.54, 1.807) is 0 Å². The highest BCUT2D eigenvalue weighted by molar-refractivity contribution is 7.91. The van der Waals surface area contributed by atoms with Gasteiger partial charge in [-0.2, -0.15) is 0 Å². The Hall–Kier alpha value is -1.15. The van der Waals surface area contributed by atoms with Crippen molar-refractivity contribution >= 4 is 21.7 Å². The predicted octanol–water partition coefficient (Wildman–Crippen LogP) is -1.94. The molecule has 17 heavy (non-hydrogen) atoms. The summed E-state index contributed by atoms with van der Waals surface area (Å²) < 4.78 is 22.7. The number of carbonyl (C=O) groups excluding carboxylic acids is 1. The maximum atomic E-state index is 11.4. The Morgan fingerprint density at radius 3 is 2.71 bits per heavy atom. The van der Waals surface area contributed by atoms with Crippen molar-refractivity contribution in [3.8, 4) is 0 Å². The van der Waals surface area contributed by atoms with Gasteiger partial charge in [-0.3, -0.25) is 14.5 Å². The third-order valence-corrected chi connectivity index (χ3v) is 4.93. The number of amides is 1. The summed E-state index contributed by atoms with van der Waals surface area (Å²) in [7, 11) is -3.08. The Balaban J connectivity index is 2.16. The van der Waals surface area contributed by atoms with E-state index >= 15 is 0 Å². The zero-order valence-corrected chi connectivity index (χ0v) is 9.94. The summed E-state index contributed by atoms with van der Waals surface area (Å²) >= 11 is 0. The van der Waals surface area contributed by atoms with E-state index in [-0.39, 0.29) is 36.5 Å². The lowest BCUT2D eigenvalue weighted by Crippen LogP contribution is -2.60. The van der Waals surface area contributed by atoms with Gasteiger partial charge < -0.3 is 10.4 Å². The number of carboxylic acids is 1. The fraction of sp³-hybridized carbons (Fsp3) is 0.778. The lowest BCUT2D eigenvalue weighted by molar-refractivity contribution is -0.147. The molecule has 2 heterocycles. The summed E-state index contributed by atoms with van der Waals surface area (Å²) in [6.07, 6.45) is 0.402. The van der Waals surface area contributed by atoms with Crippen LogP contribution in [0, 0.1) is 0 Å². The van der Waals surface area contributed by atoms with Crippen LogP contribution >= 0.6 is 0 Å². The van der Waals surface area contributed by atoms with Crippen molar-refractivity contribution in [1.29, 1.82) is 0 Å². The molecular weight excluding hydrogens is 248 g/mol. The van der Waals surface area contributed by atoms with Gasteiger partial charge in [-0.15, -0.1) is 0 Å². The number of piperazine rings is 1. The topological polar surface area (TPSA) is 104 Å². The summed E-state index contributed by atoms with van der Waals surface area (Å²) in [5.74, 6) is -1.27. The van der Waals surface area contributed by atoms with Crippen LogP contribution in [-0.2, 0) is 19.4 Å². The summed E-state index contributed by atoms with van der Waals surface area (Å²) in [5, 5.41) is 11.5. The highest BCUT2D eigenvalue weighted by Gasteiger charge is 2.41. The Bertz CT molecular complexity index is 446. The first kappa shape index (κ1) is 12.3. The van der Waals surface area contributed by atoms with Crippen LogP contribution in [0.3, 0.4) is 0 Å². The minimum Gasteiger partial charge on any atom is -0.480 e. The zero-order valence-electron chi connectivity index (χ0n) is 9.13. The van der Waals surface area contributed by atoms with Crippen molar-refractivity contribution in [2.45, 2.75) is 18.5 Å². The van der Waals surface area contributed by atoms with Gasteiger partial charge >= 0.3 is 5.97 Å². The van der Waals surface area contributed by atoms with Crippen LogP contribution in [-0.4, -0.2) is 67.0 Å². The second kappa shape index (κ2) is 4.26. The normalized spacial score (nSPS) is 33.3. The van der Waals surface area contributed by atoms with Crippen LogP contribution in [0.15, 0.2) is 0 Å². The fourth-order valence-electron chi connectivity index (χ4n) is 2.31. The first-order valence-electron chi connectivity index (χ1n) is 5.35. The SMILES string of the molecule is O=C1CN(C2CCS(=O)(=O)C2)C(C(=O)O)CN1. The molecule has 2 unspecified atom stereocenters. The van der Waals surface area contributed by atoms with Crippen LogP contribution in [0.1, 0.15) is 6.42 Å². The standard InChI is InChI=1S/C9H14N2O5S/c12-8-4-11(7(3-10-8)9(13)14)6-1-2-17(15,16)5-6/h6-7H,1-5H2,(H,10,12)(H,13,14). The first-order chi connectivity index (χ1) is 7.89. The summed E-state index contributed by atoms with van der Waals surface area (Å²) in [6.45, 7) is -0.0120. The number of carboxylic acid groups (broad SMARTS) is 1. The lowest BCUT2D eigenvalue weighted by atomic mass is 10.1. The van der Waals surface area contributed by atoms with Crippen LogP contribution in [0.5, 0.6) is 0 Å². The van der Waals surface area contributed by atoms with Gasteiger partial charge in [0.15, 0.2) is 9.84 Å². The Morgan fingerprint density at radius 1 is 1.47 bits per heavy atom. The number of carbonyl (C=O) groups is 2. The van der Waals surface area contributed by atoms with Crippen LogP contribution in [0.25, 0.3) is 0 Å². The third-order valence-electron chi connectivity index (χ3n) is 3.18. The largest absolute Gasteiger partial charge is 0.480 e. The van der Waals surface area contributed by atoms with E-state index in [0.717, 1.165) is 0 Å². The van der Waals surface area contributed by atoms with E-state index in [0.29, 0.717) is 6.42 Å². The molecule has 2 fully saturated rings. The highest BCUT2D eigenvalue weighted by Crippen LogP contribution is 2.21. The molecule has 0 aromatic carbocycles. The average molecular weight is 262 g/mol. The maximum Gasteiger partial charge on any atom is 0.322 e. The van der Waals surface area contributed by atoms with Gasteiger partial charge in [0, 0.05) is 12.6 Å². The van der Waals surface area contributed by atoms with Crippen LogP contribution in [0.2, 0.25) is 0 Å². The fourth-order valence-corrected chi connectivity index (χ4v) is 4.05. The minimum atomic E-state index is -3.08. The number of rotatable bonds is 2. The number of hydrogen-bond donors (Lipinski definition) is 2. The number of hydrogen-bond acceptors (Lipinski definition) is 5. The second-order valence-corrected chi connectivity index (χ2v) is 6.62. The van der Waals surface area contributed by atoms with Crippen molar-refractivity contribution in [3.63, 3.8) is 0 Å². The molecule has 2 saturated heterocycles. The van der Waals surface area contributed by atoms with Gasteiger partial charge in [0.2, 0.25) is 5.91 Å². The molecule has 0 radical (unpaired) electrons. The molecular formula is C9H14N2O5S. The van der Waals surface area contributed by atoms with E-state index in [2.05, 4.69) is 5.32 Å². The molecule has 0 bridgehead atoms. The van der Waals surface area contributed by atoms with Crippen molar-refractivity contribution < 1.29 is 23.1 Å². The van der Waals surface area contributed by atoms with E-state index in [9.17, 15) is 18.0 Å². The Morgan fingerprint density at radius 2 is 2.18 bits per heavy atom. The van der Waals surface area contributed by atoms with Gasteiger partial charge in [0.25, 0.3) is 0 Å². The molecule has 2 N–H and O–H groups in total. The number of sulfone groups is 1. The predicted molar refractivity (Wildman–Crippen MR) is 58.2 cm³/mol. The van der Waals surface area contributed by atoms with E-state index in [4.69, 9.17) is 5.11 Å². The number of aliphatic carboxylic acids is 1. The lowest BCUT2D eigenvalue weighted by Gasteiger charge is -2.36. The summed E-state index contributed by atoms with van der Waals surface area (Å²) in [5.41, 5.74) is 0. The van der Waals surface area contributed by atoms with E-state index in [1.807, 2.05) is 0 Å². The Labute approximate surface area is 98.7 Å². The van der Waals surface area contributed by atoms with Gasteiger partial charge in [0.05, 0.1) is 18.1 Å². The summed E-state index contributed by atoms with van der Waals surface area (Å²) in [6, 6.07) is -1.18. The minimum absolute atomic E-state index is 0.0325. The van der Waals surface area contributed by atoms with E-state index in [1.165, 1.54) is 4.90 Å². The molecule has 0 aromatic rings. The maximum absolute atomic E-state index is 11.4. The van der Waals surface area contributed by atoms with Crippen molar-refractivity contribution in [2.24, 2.45) is 0 Å². The molecule has 96 valence electrons. The zero-order chi connectivity index (χ0) is 12.6. The average Bonchev–Trinajstić information content (AvgIpc) is 2.58. The second-order valence-electron chi connectivity index (χ2n) is 4.39. The number of nitrogens with zero attached hydrogens (tertiary/aromatic N) is 1. The van der Waals surface area contributed by atoms with Crippen LogP contribution in [0.4, 0.5) is 0 Å². The van der Waals surface area contributed by atoms with Gasteiger partial charge in [-0.25, -0.2) is 8.42 Å². The van der Waals surface area contributed by atoms with Gasteiger partial charge in [-0.1, -0.05) is 0 Å². The summed E-state index contributed by atoms with van der Waals surface area (Å²) in [4.78, 5) is 23.8. The highest BCUT2D eigenvalue weighted by atomic mass is 32.2. The molecule has 0 spiro atoms. The Kier molecular flexibility index (Phi) is 3.09. The third kappa shape index (κ3) is 2.58. The van der Waals surface area contributed by atoms with Crippen molar-refractivity contribution in [3.05, 3.63) is 0 Å². The van der Waals surface area contributed by atoms with Gasteiger partial charge in [0.1, 0.15) is 6.04 Å². The quantitative estimate of drug-likeness (QED) is 0.600. The smallest absolute Gasteiger partial charge is 0.322 e. The molecule has 0 aliphatic carbocycles. The molecule has 2 atom stereocenters. The van der Waals surface area contributed by atoms with Crippen LogP contribution < -0.4 is 5.32 Å². The molecule has 2 aliphatic rings. The van der Waals surface area contributed by atoms with E-state index < -0.39 is 21.8 Å². The molecule has 0 aromatic heterocycles. The first-order valence-corrected chi connectivity index (χ1v) is 7.17. The molecule has 7 nitrogen and oxygen atoms in total. The molecule has 8 heteroatoms. The van der Waals surface area contributed by atoms with Gasteiger partial charge in [-0.05, 0) is 6.42 Å². The van der Waals surface area contributed by atoms with Crippen molar-refractivity contribution in [1.82, 2.24) is 10.2 Å². The van der Waals surface area contributed by atoms with Crippen molar-refractivity contribution in [2.75, 3.05) is 24.6 Å². The number of nitrogens with one attached hydrogen (secondary N) is 1. The molecule has 2 rings (SSSR count).